The standard InChI is InChI=1S/C14H24N4O2/c1-2-9-18(11-5-3-10(15)4-6-11)14(20)12-7-8-13(19)17-16-12/h10-11H,2-9,15H2,1H3,(H,17,19). The molecule has 20 heavy (non-hydrogen) atoms. The molecule has 0 atom stereocenters. The number of carbonyl (C=O) groups excluding carboxylic acids is 2. The van der Waals surface area contributed by atoms with Gasteiger partial charge in [-0.2, -0.15) is 5.10 Å². The summed E-state index contributed by atoms with van der Waals surface area (Å²) in [6.45, 7) is 2.81. The van der Waals surface area contributed by atoms with E-state index in [1.807, 2.05) is 4.90 Å². The minimum atomic E-state index is -0.118. The first kappa shape index (κ1) is 15.0. The topological polar surface area (TPSA) is 87.8 Å². The number of hydrazone groups is 1. The molecule has 0 aromatic rings. The highest BCUT2D eigenvalue weighted by Crippen LogP contribution is 2.23. The molecule has 6 heteroatoms. The van der Waals surface area contributed by atoms with Gasteiger partial charge >= 0.3 is 0 Å². The van der Waals surface area contributed by atoms with Crippen molar-refractivity contribution in [3.05, 3.63) is 0 Å². The van der Waals surface area contributed by atoms with Gasteiger partial charge in [0.15, 0.2) is 0 Å². The van der Waals surface area contributed by atoms with E-state index in [-0.39, 0.29) is 23.9 Å². The van der Waals surface area contributed by atoms with Gasteiger partial charge in [0.25, 0.3) is 5.91 Å². The molecule has 1 fully saturated rings. The fourth-order valence-electron chi connectivity index (χ4n) is 2.90. The van der Waals surface area contributed by atoms with E-state index in [0.29, 0.717) is 18.6 Å². The van der Waals surface area contributed by atoms with E-state index in [1.165, 1.54) is 0 Å². The SMILES string of the molecule is CCCN(C(=O)C1=NNC(=O)CC1)C1CCC(N)CC1. The molecule has 6 nitrogen and oxygen atoms in total. The zero-order chi connectivity index (χ0) is 14.5. The molecular formula is C14H24N4O2. The van der Waals surface area contributed by atoms with Gasteiger partial charge in [0.2, 0.25) is 5.91 Å². The van der Waals surface area contributed by atoms with Crippen molar-refractivity contribution in [3.8, 4) is 0 Å². The Kier molecular flexibility index (Phi) is 5.11. The van der Waals surface area contributed by atoms with Gasteiger partial charge < -0.3 is 10.6 Å². The average Bonchev–Trinajstić information content (AvgIpc) is 2.46. The van der Waals surface area contributed by atoms with Crippen LogP contribution in [0.4, 0.5) is 0 Å². The van der Waals surface area contributed by atoms with Gasteiger partial charge in [-0.1, -0.05) is 6.92 Å². The Morgan fingerprint density at radius 3 is 2.60 bits per heavy atom. The van der Waals surface area contributed by atoms with Crippen LogP contribution in [0, 0.1) is 0 Å². The maximum atomic E-state index is 12.6. The second kappa shape index (κ2) is 6.83. The van der Waals surface area contributed by atoms with Gasteiger partial charge in [-0.25, -0.2) is 5.43 Å². The zero-order valence-corrected chi connectivity index (χ0v) is 12.1. The van der Waals surface area contributed by atoms with Crippen LogP contribution >= 0.6 is 0 Å². The Balaban J connectivity index is 2.04. The van der Waals surface area contributed by atoms with Gasteiger partial charge in [-0.3, -0.25) is 9.59 Å². The molecule has 1 aliphatic heterocycles. The van der Waals surface area contributed by atoms with Crippen LogP contribution in [0.2, 0.25) is 0 Å². The monoisotopic (exact) mass is 280 g/mol. The number of nitrogens with two attached hydrogens (primary N) is 1. The Bertz CT molecular complexity index is 400. The van der Waals surface area contributed by atoms with E-state index in [0.717, 1.165) is 38.6 Å². The van der Waals surface area contributed by atoms with Gasteiger partial charge in [0, 0.05) is 31.5 Å². The molecular weight excluding hydrogens is 256 g/mol. The third-order valence-electron chi connectivity index (χ3n) is 4.06. The molecule has 0 aromatic heterocycles. The lowest BCUT2D eigenvalue weighted by Gasteiger charge is -2.36. The molecule has 0 bridgehead atoms. The van der Waals surface area contributed by atoms with Crippen LogP contribution in [0.1, 0.15) is 51.9 Å². The number of amides is 2. The summed E-state index contributed by atoms with van der Waals surface area (Å²) in [5.41, 5.74) is 8.81. The van der Waals surface area contributed by atoms with Crippen molar-refractivity contribution in [1.82, 2.24) is 10.3 Å². The number of hydrogen-bond acceptors (Lipinski definition) is 4. The summed E-state index contributed by atoms with van der Waals surface area (Å²) in [6, 6.07) is 0.540. The normalized spacial score (nSPS) is 26.7. The molecule has 2 rings (SSSR count). The third kappa shape index (κ3) is 3.56. The van der Waals surface area contributed by atoms with E-state index >= 15 is 0 Å². The van der Waals surface area contributed by atoms with Crippen molar-refractivity contribution >= 4 is 17.5 Å². The highest BCUT2D eigenvalue weighted by Gasteiger charge is 2.30. The molecule has 0 unspecified atom stereocenters. The Hall–Kier alpha value is -1.43. The summed E-state index contributed by atoms with van der Waals surface area (Å²) in [7, 11) is 0. The number of nitrogens with zero attached hydrogens (tertiary/aromatic N) is 2. The molecule has 3 N–H and O–H groups in total. The fourth-order valence-corrected chi connectivity index (χ4v) is 2.90. The summed E-state index contributed by atoms with van der Waals surface area (Å²) < 4.78 is 0. The van der Waals surface area contributed by atoms with Crippen molar-refractivity contribution in [2.75, 3.05) is 6.54 Å². The Labute approximate surface area is 119 Å². The molecule has 2 aliphatic rings. The fraction of sp³-hybridized carbons (Fsp3) is 0.786. The van der Waals surface area contributed by atoms with E-state index < -0.39 is 0 Å². The molecule has 1 aliphatic carbocycles. The Morgan fingerprint density at radius 1 is 1.35 bits per heavy atom. The lowest BCUT2D eigenvalue weighted by molar-refractivity contribution is -0.127. The van der Waals surface area contributed by atoms with E-state index in [9.17, 15) is 9.59 Å². The van der Waals surface area contributed by atoms with Gasteiger partial charge in [0.1, 0.15) is 5.71 Å². The molecule has 2 amide bonds. The van der Waals surface area contributed by atoms with Crippen LogP contribution in [0.3, 0.4) is 0 Å². The quantitative estimate of drug-likeness (QED) is 0.797. The highest BCUT2D eigenvalue weighted by molar-refractivity contribution is 6.39. The predicted octanol–water partition coefficient (Wildman–Crippen LogP) is 0.761. The van der Waals surface area contributed by atoms with E-state index in [2.05, 4.69) is 17.5 Å². The minimum Gasteiger partial charge on any atom is -0.335 e. The van der Waals surface area contributed by atoms with Gasteiger partial charge in [-0.15, -0.1) is 0 Å². The summed E-state index contributed by atoms with van der Waals surface area (Å²) >= 11 is 0. The lowest BCUT2D eigenvalue weighted by atomic mass is 9.90. The molecule has 112 valence electrons. The smallest absolute Gasteiger partial charge is 0.270 e. The summed E-state index contributed by atoms with van der Waals surface area (Å²) in [5, 5.41) is 3.92. The van der Waals surface area contributed by atoms with Crippen molar-refractivity contribution in [1.29, 1.82) is 0 Å². The minimum absolute atomic E-state index is 0.0210. The number of rotatable bonds is 4. The molecule has 0 aromatic carbocycles. The van der Waals surface area contributed by atoms with Crippen molar-refractivity contribution in [2.45, 2.75) is 64.0 Å². The van der Waals surface area contributed by atoms with E-state index in [4.69, 9.17) is 5.73 Å². The average molecular weight is 280 g/mol. The van der Waals surface area contributed by atoms with Crippen molar-refractivity contribution in [3.63, 3.8) is 0 Å². The molecule has 0 spiro atoms. The zero-order valence-electron chi connectivity index (χ0n) is 12.1. The molecule has 1 saturated carbocycles. The second-order valence-electron chi connectivity index (χ2n) is 5.66. The summed E-state index contributed by atoms with van der Waals surface area (Å²) in [6.07, 6.45) is 5.59. The van der Waals surface area contributed by atoms with Crippen LogP contribution in [0.25, 0.3) is 0 Å². The first-order valence-corrected chi connectivity index (χ1v) is 7.53. The third-order valence-corrected chi connectivity index (χ3v) is 4.06. The van der Waals surface area contributed by atoms with Crippen LogP contribution < -0.4 is 11.2 Å². The van der Waals surface area contributed by atoms with Gasteiger partial charge in [-0.05, 0) is 32.1 Å². The number of hydrogen-bond donors (Lipinski definition) is 2. The van der Waals surface area contributed by atoms with Crippen LogP contribution in [-0.2, 0) is 9.59 Å². The summed E-state index contributed by atoms with van der Waals surface area (Å²) in [4.78, 5) is 25.6. The Morgan fingerprint density at radius 2 is 2.05 bits per heavy atom. The van der Waals surface area contributed by atoms with Gasteiger partial charge in [0.05, 0.1) is 0 Å². The largest absolute Gasteiger partial charge is 0.335 e. The first-order valence-electron chi connectivity index (χ1n) is 7.53. The van der Waals surface area contributed by atoms with Crippen molar-refractivity contribution in [2.24, 2.45) is 10.8 Å². The molecule has 0 radical (unpaired) electrons. The van der Waals surface area contributed by atoms with Crippen LogP contribution in [0.5, 0.6) is 0 Å². The highest BCUT2D eigenvalue weighted by atomic mass is 16.2. The first-order chi connectivity index (χ1) is 9.61. The van der Waals surface area contributed by atoms with E-state index in [1.54, 1.807) is 0 Å². The molecule has 0 saturated heterocycles. The second-order valence-corrected chi connectivity index (χ2v) is 5.66. The van der Waals surface area contributed by atoms with Crippen LogP contribution in [0.15, 0.2) is 5.10 Å². The predicted molar refractivity (Wildman–Crippen MR) is 77.0 cm³/mol. The van der Waals surface area contributed by atoms with Crippen LogP contribution in [-0.4, -0.2) is 41.1 Å². The number of nitrogens with one attached hydrogen (secondary N) is 1. The maximum absolute atomic E-state index is 12.6. The maximum Gasteiger partial charge on any atom is 0.270 e. The number of carbonyl (C=O) groups is 2. The van der Waals surface area contributed by atoms with Crippen molar-refractivity contribution < 1.29 is 9.59 Å². The molecule has 1 heterocycles. The lowest BCUT2D eigenvalue weighted by Crippen LogP contribution is -2.48. The summed E-state index contributed by atoms with van der Waals surface area (Å²) in [5.74, 6) is -0.139.